The van der Waals surface area contributed by atoms with Crippen LogP contribution >= 0.6 is 0 Å². The molecule has 44 heavy (non-hydrogen) atoms. The summed E-state index contributed by atoms with van der Waals surface area (Å²) in [5.41, 5.74) is 0.107. The number of benzene rings is 1. The van der Waals surface area contributed by atoms with Crippen LogP contribution in [0.5, 0.6) is 0 Å². The van der Waals surface area contributed by atoms with Gasteiger partial charge in [0.05, 0.1) is 17.6 Å². The predicted molar refractivity (Wildman–Crippen MR) is 165 cm³/mol. The summed E-state index contributed by atoms with van der Waals surface area (Å²) in [7, 11) is 0.196. The standard InChI is InChI=1S/C30H40F3N7O3S/c1-18(2)40-27-25(16-34-29(37-27)35-21-6-8-22(9-7-21)39(3)4)36-26(28(40)41)20-5-10-24(23(31)15-20)38-44(42,43)17-19-11-13-30(32,33)14-12-19/h5,10,15-16,18-19,21-22,38H,6-9,11-14,17H2,1-4H3,(H,34,35,37). The van der Waals surface area contributed by atoms with Gasteiger partial charge in [-0.25, -0.2) is 31.6 Å². The van der Waals surface area contributed by atoms with Crippen LogP contribution in [0, 0.1) is 11.7 Å². The lowest BCUT2D eigenvalue weighted by Gasteiger charge is -2.32. The molecule has 0 saturated heterocycles. The third kappa shape index (κ3) is 7.33. The number of fused-ring (bicyclic) bond motifs is 1. The second-order valence-corrected chi connectivity index (χ2v) is 14.4. The van der Waals surface area contributed by atoms with Gasteiger partial charge in [-0.15, -0.1) is 0 Å². The van der Waals surface area contributed by atoms with E-state index in [1.54, 1.807) is 0 Å². The SMILES string of the molecule is CC(C)n1c(=O)c(-c2ccc(NS(=O)(=O)CC3CCC(F)(F)CC3)c(F)c2)nc2cnc(NC3CCC(N(C)C)CC3)nc21. The molecule has 0 spiro atoms. The molecule has 0 aliphatic heterocycles. The fourth-order valence-corrected chi connectivity index (χ4v) is 7.73. The number of hydrogen-bond acceptors (Lipinski definition) is 8. The Morgan fingerprint density at radius 2 is 1.75 bits per heavy atom. The number of nitrogens with one attached hydrogen (secondary N) is 2. The highest BCUT2D eigenvalue weighted by Gasteiger charge is 2.36. The van der Waals surface area contributed by atoms with Crippen molar-refractivity contribution in [3.05, 3.63) is 40.6 Å². The zero-order valence-corrected chi connectivity index (χ0v) is 26.3. The first-order valence-corrected chi connectivity index (χ1v) is 16.8. The fraction of sp³-hybridized carbons (Fsp3) is 0.600. The smallest absolute Gasteiger partial charge is 0.278 e. The lowest BCUT2D eigenvalue weighted by molar-refractivity contribution is -0.0435. The summed E-state index contributed by atoms with van der Waals surface area (Å²) in [5, 5.41) is 3.40. The maximum Gasteiger partial charge on any atom is 0.278 e. The van der Waals surface area contributed by atoms with Crippen LogP contribution in [0.4, 0.5) is 24.8 Å². The molecular formula is C30H40F3N7O3S. The van der Waals surface area contributed by atoms with Gasteiger partial charge in [0.2, 0.25) is 21.9 Å². The van der Waals surface area contributed by atoms with Crippen molar-refractivity contribution < 1.29 is 21.6 Å². The molecule has 2 heterocycles. The predicted octanol–water partition coefficient (Wildman–Crippen LogP) is 5.43. The lowest BCUT2D eigenvalue weighted by Crippen LogP contribution is -2.36. The van der Waals surface area contributed by atoms with Crippen molar-refractivity contribution in [2.75, 3.05) is 29.9 Å². The van der Waals surface area contributed by atoms with Gasteiger partial charge >= 0.3 is 0 Å². The van der Waals surface area contributed by atoms with Gasteiger partial charge in [0.1, 0.15) is 17.0 Å². The highest BCUT2D eigenvalue weighted by atomic mass is 32.2. The van der Waals surface area contributed by atoms with Crippen LogP contribution in [0.15, 0.2) is 29.2 Å². The number of rotatable bonds is 9. The van der Waals surface area contributed by atoms with Crippen LogP contribution in [0.25, 0.3) is 22.4 Å². The lowest BCUT2D eigenvalue weighted by atomic mass is 9.88. The number of sulfonamides is 1. The van der Waals surface area contributed by atoms with Gasteiger partial charge in [-0.2, -0.15) is 4.98 Å². The highest BCUT2D eigenvalue weighted by molar-refractivity contribution is 7.92. The second-order valence-electron chi connectivity index (χ2n) is 12.6. The summed E-state index contributed by atoms with van der Waals surface area (Å²) in [6, 6.07) is 4.19. The average molecular weight is 636 g/mol. The Balaban J connectivity index is 1.36. The second kappa shape index (κ2) is 12.6. The van der Waals surface area contributed by atoms with Crippen molar-refractivity contribution in [1.29, 1.82) is 0 Å². The Kier molecular flexibility index (Phi) is 9.22. The van der Waals surface area contributed by atoms with Crippen LogP contribution < -0.4 is 15.6 Å². The third-order valence-electron chi connectivity index (χ3n) is 8.71. The van der Waals surface area contributed by atoms with Crippen LogP contribution in [-0.4, -0.2) is 70.7 Å². The van der Waals surface area contributed by atoms with Gasteiger partial charge in [-0.1, -0.05) is 6.07 Å². The Labute approximate surface area is 255 Å². The van der Waals surface area contributed by atoms with E-state index in [2.05, 4.69) is 44.0 Å². The molecule has 5 rings (SSSR count). The van der Waals surface area contributed by atoms with Gasteiger partial charge < -0.3 is 10.2 Å². The number of hydrogen-bond donors (Lipinski definition) is 2. The van der Waals surface area contributed by atoms with E-state index in [1.807, 2.05) is 13.8 Å². The number of halogens is 3. The molecule has 2 saturated carbocycles. The summed E-state index contributed by atoms with van der Waals surface area (Å²) in [6.07, 6.45) is 5.10. The van der Waals surface area contributed by atoms with E-state index in [0.29, 0.717) is 23.2 Å². The molecule has 2 N–H and O–H groups in total. The van der Waals surface area contributed by atoms with Gasteiger partial charge in [0.15, 0.2) is 5.65 Å². The van der Waals surface area contributed by atoms with E-state index in [1.165, 1.54) is 22.9 Å². The summed E-state index contributed by atoms with van der Waals surface area (Å²) >= 11 is 0. The Morgan fingerprint density at radius 1 is 1.07 bits per heavy atom. The molecule has 240 valence electrons. The quantitative estimate of drug-likeness (QED) is 0.320. The van der Waals surface area contributed by atoms with Gasteiger partial charge in [0.25, 0.3) is 5.56 Å². The molecule has 2 aromatic heterocycles. The molecule has 1 aromatic carbocycles. The normalized spacial score (nSPS) is 21.2. The van der Waals surface area contributed by atoms with Crippen LogP contribution in [0.2, 0.25) is 0 Å². The largest absolute Gasteiger partial charge is 0.351 e. The molecule has 0 bridgehead atoms. The molecule has 2 aliphatic carbocycles. The molecule has 2 fully saturated rings. The molecule has 10 nitrogen and oxygen atoms in total. The van der Waals surface area contributed by atoms with E-state index in [0.717, 1.165) is 31.7 Å². The first-order valence-electron chi connectivity index (χ1n) is 15.1. The molecule has 0 amide bonds. The first-order chi connectivity index (χ1) is 20.7. The summed E-state index contributed by atoms with van der Waals surface area (Å²) in [6.45, 7) is 3.68. The van der Waals surface area contributed by atoms with Crippen molar-refractivity contribution in [1.82, 2.24) is 24.4 Å². The van der Waals surface area contributed by atoms with Crippen LogP contribution in [0.3, 0.4) is 0 Å². The Morgan fingerprint density at radius 3 is 2.36 bits per heavy atom. The Hall–Kier alpha value is -3.26. The van der Waals surface area contributed by atoms with E-state index in [4.69, 9.17) is 0 Å². The van der Waals surface area contributed by atoms with Crippen LogP contribution in [-0.2, 0) is 10.0 Å². The monoisotopic (exact) mass is 635 g/mol. The molecule has 0 radical (unpaired) electrons. The van der Waals surface area contributed by atoms with E-state index >= 15 is 4.39 Å². The van der Waals surface area contributed by atoms with Crippen molar-refractivity contribution in [3.63, 3.8) is 0 Å². The van der Waals surface area contributed by atoms with E-state index < -0.39 is 33.2 Å². The number of anilines is 2. The van der Waals surface area contributed by atoms with Crippen molar-refractivity contribution in [2.45, 2.75) is 89.3 Å². The maximum atomic E-state index is 15.2. The van der Waals surface area contributed by atoms with E-state index in [9.17, 15) is 22.0 Å². The van der Waals surface area contributed by atoms with Crippen LogP contribution in [0.1, 0.15) is 71.3 Å². The van der Waals surface area contributed by atoms with Crippen molar-refractivity contribution in [2.24, 2.45) is 5.92 Å². The number of aromatic nitrogens is 4. The molecular weight excluding hydrogens is 595 g/mol. The zero-order valence-electron chi connectivity index (χ0n) is 25.5. The summed E-state index contributed by atoms with van der Waals surface area (Å²) in [5.74, 6) is -4.04. The van der Waals surface area contributed by atoms with E-state index in [-0.39, 0.29) is 60.5 Å². The fourth-order valence-electron chi connectivity index (χ4n) is 6.19. The van der Waals surface area contributed by atoms with Crippen molar-refractivity contribution >= 4 is 32.8 Å². The van der Waals surface area contributed by atoms with Crippen molar-refractivity contribution in [3.8, 4) is 11.3 Å². The number of alkyl halides is 2. The summed E-state index contributed by atoms with van der Waals surface area (Å²) < 4.78 is 71.2. The first kappa shape index (κ1) is 32.1. The summed E-state index contributed by atoms with van der Waals surface area (Å²) in [4.78, 5) is 29.5. The number of nitrogens with zero attached hydrogens (tertiary/aromatic N) is 5. The molecule has 14 heteroatoms. The topological polar surface area (TPSA) is 122 Å². The van der Waals surface area contributed by atoms with Gasteiger partial charge in [-0.05, 0) is 84.5 Å². The minimum absolute atomic E-state index is 0.0195. The maximum absolute atomic E-state index is 15.2. The molecule has 0 unspecified atom stereocenters. The molecule has 2 aliphatic rings. The van der Waals surface area contributed by atoms with Gasteiger partial charge in [0, 0.05) is 36.5 Å². The highest BCUT2D eigenvalue weighted by Crippen LogP contribution is 2.37. The molecule has 3 aromatic rings. The Bertz CT molecular complexity index is 1660. The zero-order chi connectivity index (χ0) is 31.8. The average Bonchev–Trinajstić information content (AvgIpc) is 2.95. The molecule has 0 atom stereocenters. The third-order valence-corrected chi connectivity index (χ3v) is 10.1. The van der Waals surface area contributed by atoms with Gasteiger partial charge in [-0.3, -0.25) is 14.1 Å². The minimum atomic E-state index is -3.99. The minimum Gasteiger partial charge on any atom is -0.351 e.